The maximum Gasteiger partial charge on any atom is 0.490 e. The molecular weight excluding hydrogens is 541 g/mol. The lowest BCUT2D eigenvalue weighted by Gasteiger charge is -2.15. The van der Waals surface area contributed by atoms with Crippen LogP contribution in [-0.2, 0) is 4.79 Å². The number of rotatable bonds is 5. The molecule has 3 N–H and O–H groups in total. The number of carboxylic acid groups (broad SMARTS) is 1. The Hall–Kier alpha value is -4.81. The molecule has 1 saturated carbocycles. The summed E-state index contributed by atoms with van der Waals surface area (Å²) in [5.41, 5.74) is 3.46. The molecule has 1 saturated heterocycles. The number of hydrogen-bond acceptors (Lipinski definition) is 7. The van der Waals surface area contributed by atoms with Gasteiger partial charge in [-0.05, 0) is 62.1 Å². The second-order valence-electron chi connectivity index (χ2n) is 9.73. The third-order valence-electron chi connectivity index (χ3n) is 6.64. The molecule has 13 heteroatoms. The van der Waals surface area contributed by atoms with Crippen LogP contribution in [-0.4, -0.2) is 61.1 Å². The Morgan fingerprint density at radius 2 is 1.76 bits per heavy atom. The smallest absolute Gasteiger partial charge is 0.475 e. The van der Waals surface area contributed by atoms with E-state index in [1.165, 1.54) is 0 Å². The van der Waals surface area contributed by atoms with E-state index in [0.29, 0.717) is 34.0 Å². The van der Waals surface area contributed by atoms with Crippen molar-refractivity contribution >= 4 is 34.4 Å². The normalized spacial score (nSPS) is 14.9. The standard InChI is InChI=1S/C26H24N6O2.C2HF3O2/c33-24-20-15-17(8-9-22(20)29-23(31-24)16-6-7-16)21-10-11-27-26(30-21)28-19-5-3-4-18(14-19)25(34)32-12-1-2-13-32;3-2(4,5)1(6)7/h3-5,8-11,14-16H,1-2,6-7,12-13H2,(H,27,28,30)(H,29,31,33);(H,6,7). The van der Waals surface area contributed by atoms with Crippen molar-refractivity contribution in [3.63, 3.8) is 0 Å². The summed E-state index contributed by atoms with van der Waals surface area (Å²) in [6.45, 7) is 1.63. The Kier molecular flexibility index (Phi) is 7.68. The van der Waals surface area contributed by atoms with Crippen LogP contribution in [0.25, 0.3) is 22.2 Å². The molecule has 0 unspecified atom stereocenters. The molecular formula is C28H25F3N6O4. The van der Waals surface area contributed by atoms with Crippen molar-refractivity contribution in [1.82, 2.24) is 24.8 Å². The number of benzene rings is 2. The first-order valence-corrected chi connectivity index (χ1v) is 12.9. The molecule has 6 rings (SSSR count). The van der Waals surface area contributed by atoms with E-state index in [1.807, 2.05) is 47.4 Å². The lowest BCUT2D eigenvalue weighted by atomic mass is 10.1. The van der Waals surface area contributed by atoms with Gasteiger partial charge in [0.1, 0.15) is 5.82 Å². The molecule has 0 radical (unpaired) electrons. The molecule has 10 nitrogen and oxygen atoms in total. The largest absolute Gasteiger partial charge is 0.490 e. The predicted octanol–water partition coefficient (Wildman–Crippen LogP) is 4.87. The number of aromatic amines is 1. The number of aromatic nitrogens is 4. The number of likely N-dealkylation sites (tertiary alicyclic amines) is 1. The zero-order valence-corrected chi connectivity index (χ0v) is 21.6. The molecule has 1 amide bonds. The highest BCUT2D eigenvalue weighted by Crippen LogP contribution is 2.38. The first-order chi connectivity index (χ1) is 19.6. The van der Waals surface area contributed by atoms with Crippen molar-refractivity contribution in [3.05, 3.63) is 76.5 Å². The lowest BCUT2D eigenvalue weighted by Crippen LogP contribution is -2.27. The average Bonchev–Trinajstić information content (AvgIpc) is 3.66. The highest BCUT2D eigenvalue weighted by Gasteiger charge is 2.38. The van der Waals surface area contributed by atoms with Crippen LogP contribution in [0.15, 0.2) is 59.5 Å². The summed E-state index contributed by atoms with van der Waals surface area (Å²) in [6, 6.07) is 14.8. The van der Waals surface area contributed by atoms with Gasteiger partial charge in [0, 0.05) is 42.0 Å². The fraction of sp³-hybridized carbons (Fsp3) is 0.286. The van der Waals surface area contributed by atoms with Crippen molar-refractivity contribution < 1.29 is 27.9 Å². The van der Waals surface area contributed by atoms with Gasteiger partial charge in [0.2, 0.25) is 5.95 Å². The second-order valence-corrected chi connectivity index (χ2v) is 9.73. The number of aliphatic carboxylic acids is 1. The van der Waals surface area contributed by atoms with Gasteiger partial charge in [-0.15, -0.1) is 0 Å². The minimum absolute atomic E-state index is 0.0515. The van der Waals surface area contributed by atoms with Crippen molar-refractivity contribution in [3.8, 4) is 11.3 Å². The summed E-state index contributed by atoms with van der Waals surface area (Å²) in [5, 5.41) is 10.9. The van der Waals surface area contributed by atoms with Gasteiger partial charge in [-0.1, -0.05) is 12.1 Å². The molecule has 41 heavy (non-hydrogen) atoms. The maximum absolute atomic E-state index is 12.7. The molecule has 0 atom stereocenters. The van der Waals surface area contributed by atoms with Crippen molar-refractivity contribution in [2.24, 2.45) is 0 Å². The zero-order chi connectivity index (χ0) is 29.1. The van der Waals surface area contributed by atoms with Crippen molar-refractivity contribution in [2.45, 2.75) is 37.8 Å². The summed E-state index contributed by atoms with van der Waals surface area (Å²) in [7, 11) is 0. The molecule has 0 spiro atoms. The number of carboxylic acids is 1. The quantitative estimate of drug-likeness (QED) is 0.311. The average molecular weight is 567 g/mol. The number of H-pyrrole nitrogens is 1. The third-order valence-corrected chi connectivity index (χ3v) is 6.64. The number of alkyl halides is 3. The molecule has 2 aromatic carbocycles. The summed E-state index contributed by atoms with van der Waals surface area (Å²) >= 11 is 0. The third kappa shape index (κ3) is 6.68. The Morgan fingerprint density at radius 1 is 1.02 bits per heavy atom. The van der Waals surface area contributed by atoms with Gasteiger partial charge in [0.15, 0.2) is 0 Å². The molecule has 0 bridgehead atoms. The highest BCUT2D eigenvalue weighted by molar-refractivity contribution is 5.95. The number of nitrogens with one attached hydrogen (secondary N) is 2. The number of nitrogens with zero attached hydrogens (tertiary/aromatic N) is 4. The Bertz CT molecular complexity index is 1660. The van der Waals surface area contributed by atoms with E-state index in [2.05, 4.69) is 25.3 Å². The zero-order valence-electron chi connectivity index (χ0n) is 21.6. The van der Waals surface area contributed by atoms with Crippen LogP contribution in [0.3, 0.4) is 0 Å². The number of halogens is 3. The van der Waals surface area contributed by atoms with Crippen molar-refractivity contribution in [2.75, 3.05) is 18.4 Å². The van der Waals surface area contributed by atoms with Crippen LogP contribution >= 0.6 is 0 Å². The molecule has 4 aromatic rings. The molecule has 2 aromatic heterocycles. The van der Waals surface area contributed by atoms with Crippen LogP contribution in [0.2, 0.25) is 0 Å². The second kappa shape index (κ2) is 11.4. The molecule has 1 aliphatic heterocycles. The fourth-order valence-electron chi connectivity index (χ4n) is 4.41. The number of fused-ring (bicyclic) bond motifs is 1. The van der Waals surface area contributed by atoms with Crippen molar-refractivity contribution in [1.29, 1.82) is 0 Å². The molecule has 212 valence electrons. The maximum atomic E-state index is 12.7. The molecule has 1 aliphatic carbocycles. The van der Waals surface area contributed by atoms with E-state index in [-0.39, 0.29) is 11.5 Å². The Labute approximate surface area is 231 Å². The Morgan fingerprint density at radius 3 is 2.44 bits per heavy atom. The number of anilines is 2. The first-order valence-electron chi connectivity index (χ1n) is 12.9. The van der Waals surface area contributed by atoms with Crippen LogP contribution in [0.4, 0.5) is 24.8 Å². The van der Waals surface area contributed by atoms with Gasteiger partial charge in [0.05, 0.1) is 16.6 Å². The van der Waals surface area contributed by atoms with E-state index in [1.54, 1.807) is 12.3 Å². The van der Waals surface area contributed by atoms with Gasteiger partial charge in [0.25, 0.3) is 11.5 Å². The minimum Gasteiger partial charge on any atom is -0.475 e. The topological polar surface area (TPSA) is 141 Å². The van der Waals surface area contributed by atoms with Crippen LogP contribution < -0.4 is 10.9 Å². The number of carbonyl (C=O) groups is 2. The number of amides is 1. The SMILES string of the molecule is O=C(O)C(F)(F)F.O=C(c1cccc(Nc2nccc(-c3ccc4nc(C5CC5)[nH]c(=O)c4c3)n2)c1)N1CCCC1. The van der Waals surface area contributed by atoms with Gasteiger partial charge < -0.3 is 20.3 Å². The lowest BCUT2D eigenvalue weighted by molar-refractivity contribution is -0.192. The fourth-order valence-corrected chi connectivity index (χ4v) is 4.41. The van der Waals surface area contributed by atoms with Gasteiger partial charge in [-0.3, -0.25) is 9.59 Å². The molecule has 2 aliphatic rings. The summed E-state index contributed by atoms with van der Waals surface area (Å²) in [4.78, 5) is 52.7. The first kappa shape index (κ1) is 27.7. The van der Waals surface area contributed by atoms with E-state index in [0.717, 1.165) is 55.8 Å². The molecule has 3 heterocycles. The highest BCUT2D eigenvalue weighted by atomic mass is 19.4. The Balaban J connectivity index is 0.000000431. The van der Waals surface area contributed by atoms with Gasteiger partial charge in [-0.25, -0.2) is 19.7 Å². The van der Waals surface area contributed by atoms with Crippen LogP contribution in [0.1, 0.15) is 47.8 Å². The minimum atomic E-state index is -5.08. The predicted molar refractivity (Wildman–Crippen MR) is 144 cm³/mol. The van der Waals surface area contributed by atoms with Gasteiger partial charge >= 0.3 is 12.1 Å². The van der Waals surface area contributed by atoms with Crippen LogP contribution in [0.5, 0.6) is 0 Å². The summed E-state index contributed by atoms with van der Waals surface area (Å²) in [5.74, 6) is -1.12. The monoisotopic (exact) mass is 566 g/mol. The number of hydrogen-bond donors (Lipinski definition) is 3. The summed E-state index contributed by atoms with van der Waals surface area (Å²) in [6.07, 6.45) is 0.870. The molecule has 2 fully saturated rings. The summed E-state index contributed by atoms with van der Waals surface area (Å²) < 4.78 is 31.7. The van der Waals surface area contributed by atoms with Gasteiger partial charge in [-0.2, -0.15) is 13.2 Å². The van der Waals surface area contributed by atoms with E-state index >= 15 is 0 Å². The number of carbonyl (C=O) groups excluding carboxylic acids is 1. The van der Waals surface area contributed by atoms with E-state index in [9.17, 15) is 22.8 Å². The van der Waals surface area contributed by atoms with E-state index < -0.39 is 12.1 Å². The van der Waals surface area contributed by atoms with E-state index in [4.69, 9.17) is 9.90 Å². The van der Waals surface area contributed by atoms with Crippen LogP contribution in [0, 0.1) is 0 Å².